The minimum Gasteiger partial charge on any atom is -0.392 e. The first-order valence-electron chi connectivity index (χ1n) is 9.46. The Kier molecular flexibility index (Phi) is 5.39. The van der Waals surface area contributed by atoms with Gasteiger partial charge in [0.15, 0.2) is 0 Å². The molecule has 4 rings (SSSR count). The van der Waals surface area contributed by atoms with Crippen LogP contribution in [0.2, 0.25) is 0 Å². The fraction of sp³-hybridized carbons (Fsp3) is 0.273. The van der Waals surface area contributed by atoms with Gasteiger partial charge in [-0.2, -0.15) is 0 Å². The molecule has 1 atom stereocenters. The fourth-order valence-electron chi connectivity index (χ4n) is 3.58. The van der Waals surface area contributed by atoms with Gasteiger partial charge in [0, 0.05) is 48.7 Å². The molecule has 1 aromatic carbocycles. The highest BCUT2D eigenvalue weighted by molar-refractivity contribution is 5.94. The Balaban J connectivity index is 1.53. The highest BCUT2D eigenvalue weighted by Crippen LogP contribution is 2.28. The molecule has 1 aliphatic heterocycles. The van der Waals surface area contributed by atoms with Crippen molar-refractivity contribution in [3.63, 3.8) is 0 Å². The van der Waals surface area contributed by atoms with E-state index in [1.807, 2.05) is 29.2 Å². The molecule has 28 heavy (non-hydrogen) atoms. The number of hydrogen-bond donors (Lipinski definition) is 1. The lowest BCUT2D eigenvalue weighted by atomic mass is 9.94. The summed E-state index contributed by atoms with van der Waals surface area (Å²) in [7, 11) is 0. The number of pyridine rings is 1. The zero-order chi connectivity index (χ0) is 19.3. The monoisotopic (exact) mass is 374 g/mol. The van der Waals surface area contributed by atoms with Crippen LogP contribution < -0.4 is 0 Å². The van der Waals surface area contributed by atoms with E-state index in [-0.39, 0.29) is 18.4 Å². The van der Waals surface area contributed by atoms with Crippen molar-refractivity contribution >= 4 is 5.91 Å². The summed E-state index contributed by atoms with van der Waals surface area (Å²) in [4.78, 5) is 27.8. The van der Waals surface area contributed by atoms with Crippen LogP contribution in [0.4, 0.5) is 0 Å². The third-order valence-corrected chi connectivity index (χ3v) is 5.14. The van der Waals surface area contributed by atoms with Crippen molar-refractivity contribution in [3.8, 4) is 11.3 Å². The smallest absolute Gasteiger partial charge is 0.253 e. The number of nitrogens with zero attached hydrogens (tertiary/aromatic N) is 4. The number of aliphatic hydroxyl groups excluding tert-OH is 1. The predicted octanol–water partition coefficient (Wildman–Crippen LogP) is 3.05. The number of aromatic nitrogens is 3. The van der Waals surface area contributed by atoms with Gasteiger partial charge in [-0.1, -0.05) is 24.3 Å². The Morgan fingerprint density at radius 3 is 2.61 bits per heavy atom. The number of amides is 1. The summed E-state index contributed by atoms with van der Waals surface area (Å²) in [5.74, 6) is 0.208. The van der Waals surface area contributed by atoms with Gasteiger partial charge < -0.3 is 10.0 Å². The lowest BCUT2D eigenvalue weighted by molar-refractivity contribution is 0.0705. The van der Waals surface area contributed by atoms with Gasteiger partial charge >= 0.3 is 0 Å². The van der Waals surface area contributed by atoms with E-state index >= 15 is 0 Å². The van der Waals surface area contributed by atoms with E-state index in [1.165, 1.54) is 0 Å². The molecule has 1 saturated heterocycles. The molecule has 1 aliphatic rings. The average Bonchev–Trinajstić information content (AvgIpc) is 2.79. The summed E-state index contributed by atoms with van der Waals surface area (Å²) in [6.07, 6.45) is 8.77. The molecule has 1 N–H and O–H groups in total. The maximum absolute atomic E-state index is 12.8. The minimum atomic E-state index is 0.0232. The molecule has 0 radical (unpaired) electrons. The highest BCUT2D eigenvalue weighted by atomic mass is 16.3. The Hall–Kier alpha value is -3.12. The second-order valence-corrected chi connectivity index (χ2v) is 7.01. The van der Waals surface area contributed by atoms with Crippen molar-refractivity contribution in [1.82, 2.24) is 19.9 Å². The average molecular weight is 374 g/mol. The van der Waals surface area contributed by atoms with Crippen LogP contribution in [0.5, 0.6) is 0 Å². The molecule has 3 aromatic rings. The Bertz CT molecular complexity index is 944. The van der Waals surface area contributed by atoms with Crippen LogP contribution in [-0.4, -0.2) is 44.0 Å². The first-order chi connectivity index (χ1) is 13.7. The first kappa shape index (κ1) is 18.3. The number of benzene rings is 1. The number of carbonyl (C=O) groups excluding carboxylic acids is 1. The maximum atomic E-state index is 12.8. The van der Waals surface area contributed by atoms with Crippen molar-refractivity contribution in [2.24, 2.45) is 0 Å². The summed E-state index contributed by atoms with van der Waals surface area (Å²) < 4.78 is 0. The van der Waals surface area contributed by atoms with Gasteiger partial charge in [-0.05, 0) is 30.5 Å². The molecule has 0 aliphatic carbocycles. The second-order valence-electron chi connectivity index (χ2n) is 7.01. The number of piperidine rings is 1. The van der Waals surface area contributed by atoms with E-state index in [0.29, 0.717) is 12.1 Å². The summed E-state index contributed by atoms with van der Waals surface area (Å²) >= 11 is 0. The molecule has 1 amide bonds. The zero-order valence-corrected chi connectivity index (χ0v) is 15.5. The summed E-state index contributed by atoms with van der Waals surface area (Å²) in [6.45, 7) is 1.42. The molecule has 1 fully saturated rings. The van der Waals surface area contributed by atoms with Crippen LogP contribution in [0, 0.1) is 0 Å². The maximum Gasteiger partial charge on any atom is 0.253 e. The highest BCUT2D eigenvalue weighted by Gasteiger charge is 2.26. The van der Waals surface area contributed by atoms with Gasteiger partial charge in [0.2, 0.25) is 0 Å². The molecule has 6 heteroatoms. The van der Waals surface area contributed by atoms with Crippen molar-refractivity contribution in [3.05, 3.63) is 78.0 Å². The normalized spacial score (nSPS) is 16.8. The lowest BCUT2D eigenvalue weighted by Gasteiger charge is -2.32. The Morgan fingerprint density at radius 1 is 1.07 bits per heavy atom. The second kappa shape index (κ2) is 8.27. The summed E-state index contributed by atoms with van der Waals surface area (Å²) in [5, 5.41) is 9.20. The number of carbonyl (C=O) groups is 1. The quantitative estimate of drug-likeness (QED) is 0.759. The van der Waals surface area contributed by atoms with Crippen LogP contribution >= 0.6 is 0 Å². The van der Waals surface area contributed by atoms with Crippen molar-refractivity contribution in [2.45, 2.75) is 25.4 Å². The van der Waals surface area contributed by atoms with Crippen LogP contribution in [0.3, 0.4) is 0 Å². The molecular formula is C22H22N4O2. The summed E-state index contributed by atoms with van der Waals surface area (Å²) in [6, 6.07) is 11.2. The van der Waals surface area contributed by atoms with Gasteiger partial charge in [-0.15, -0.1) is 0 Å². The molecule has 0 bridgehead atoms. The third-order valence-electron chi connectivity index (χ3n) is 5.14. The molecule has 142 valence electrons. The van der Waals surface area contributed by atoms with Gasteiger partial charge in [-0.3, -0.25) is 14.8 Å². The molecule has 0 spiro atoms. The van der Waals surface area contributed by atoms with E-state index in [0.717, 1.165) is 41.9 Å². The number of hydrogen-bond acceptors (Lipinski definition) is 5. The zero-order valence-electron chi connectivity index (χ0n) is 15.5. The van der Waals surface area contributed by atoms with E-state index in [2.05, 4.69) is 9.97 Å². The Labute approximate surface area is 163 Å². The molecule has 6 nitrogen and oxygen atoms in total. The number of likely N-dealkylation sites (tertiary alicyclic amines) is 1. The topological polar surface area (TPSA) is 79.2 Å². The Morgan fingerprint density at radius 2 is 1.86 bits per heavy atom. The minimum absolute atomic E-state index is 0.0232. The van der Waals surface area contributed by atoms with Crippen molar-refractivity contribution in [1.29, 1.82) is 0 Å². The van der Waals surface area contributed by atoms with Crippen LogP contribution in [-0.2, 0) is 6.61 Å². The van der Waals surface area contributed by atoms with Crippen molar-refractivity contribution < 1.29 is 9.90 Å². The number of aliphatic hydroxyl groups is 1. The van der Waals surface area contributed by atoms with Crippen LogP contribution in [0.25, 0.3) is 11.3 Å². The van der Waals surface area contributed by atoms with Gasteiger partial charge in [0.05, 0.1) is 24.2 Å². The van der Waals surface area contributed by atoms with E-state index < -0.39 is 0 Å². The van der Waals surface area contributed by atoms with E-state index in [4.69, 9.17) is 4.98 Å². The van der Waals surface area contributed by atoms with E-state index in [9.17, 15) is 9.90 Å². The van der Waals surface area contributed by atoms with Gasteiger partial charge in [0.25, 0.3) is 5.91 Å². The van der Waals surface area contributed by atoms with E-state index in [1.54, 1.807) is 36.9 Å². The molecular weight excluding hydrogens is 352 g/mol. The summed E-state index contributed by atoms with van der Waals surface area (Å²) in [5.41, 5.74) is 4.22. The third kappa shape index (κ3) is 3.92. The SMILES string of the molecule is O=C(c1ccncc1)N1CCCC(c2cncc(-c3ccc(CO)cc3)n2)C1. The van der Waals surface area contributed by atoms with Gasteiger partial charge in [0.1, 0.15) is 0 Å². The van der Waals surface area contributed by atoms with Crippen LogP contribution in [0.15, 0.2) is 61.2 Å². The molecule has 1 unspecified atom stereocenters. The first-order valence-corrected chi connectivity index (χ1v) is 9.46. The molecule has 3 heterocycles. The molecule has 0 saturated carbocycles. The van der Waals surface area contributed by atoms with Gasteiger partial charge in [-0.25, -0.2) is 4.98 Å². The molecule has 2 aromatic heterocycles. The lowest BCUT2D eigenvalue weighted by Crippen LogP contribution is -2.39. The number of rotatable bonds is 4. The largest absolute Gasteiger partial charge is 0.392 e. The van der Waals surface area contributed by atoms with Crippen molar-refractivity contribution in [2.75, 3.05) is 13.1 Å². The fourth-order valence-corrected chi connectivity index (χ4v) is 3.58. The predicted molar refractivity (Wildman–Crippen MR) is 106 cm³/mol. The van der Waals surface area contributed by atoms with Crippen LogP contribution in [0.1, 0.15) is 40.4 Å². The standard InChI is InChI=1S/C22H22N4O2/c27-15-16-3-5-17(6-4-16)20-12-24-13-21(25-20)19-2-1-11-26(14-19)22(28)18-7-9-23-10-8-18/h3-10,12-13,19,27H,1-2,11,14-15H2.